The molecule has 31 heavy (non-hydrogen) atoms. The second-order valence-corrected chi connectivity index (χ2v) is 10.1. The molecule has 5 nitrogen and oxygen atoms in total. The van der Waals surface area contributed by atoms with Gasteiger partial charge in [0.1, 0.15) is 5.75 Å². The van der Waals surface area contributed by atoms with Crippen molar-refractivity contribution in [3.05, 3.63) is 71.3 Å². The van der Waals surface area contributed by atoms with Crippen molar-refractivity contribution in [2.75, 3.05) is 7.11 Å². The molecule has 3 aromatic carbocycles. The maximum absolute atomic E-state index is 13.2. The van der Waals surface area contributed by atoms with Crippen molar-refractivity contribution in [3.8, 4) is 5.75 Å². The van der Waals surface area contributed by atoms with Gasteiger partial charge in [0.25, 0.3) is 10.0 Å². The molecule has 0 aromatic heterocycles. The van der Waals surface area contributed by atoms with Crippen LogP contribution in [0.25, 0.3) is 10.8 Å². The lowest BCUT2D eigenvalue weighted by atomic mass is 9.77. The molecule has 1 fully saturated rings. The van der Waals surface area contributed by atoms with Crippen LogP contribution in [0.1, 0.15) is 54.2 Å². The Morgan fingerprint density at radius 1 is 1.00 bits per heavy atom. The third-order valence-electron chi connectivity index (χ3n) is 6.74. The fourth-order valence-corrected chi connectivity index (χ4v) is 6.23. The van der Waals surface area contributed by atoms with E-state index in [0.717, 1.165) is 17.4 Å². The minimum Gasteiger partial charge on any atom is -0.496 e. The number of ether oxygens (including phenoxy) is 1. The van der Waals surface area contributed by atoms with Crippen LogP contribution >= 0.6 is 0 Å². The summed E-state index contributed by atoms with van der Waals surface area (Å²) in [5, 5.41) is 1.41. The van der Waals surface area contributed by atoms with Gasteiger partial charge < -0.3 is 4.74 Å². The topological polar surface area (TPSA) is 72.5 Å². The predicted octanol–water partition coefficient (Wildman–Crippen LogP) is 4.65. The highest BCUT2D eigenvalue weighted by Crippen LogP contribution is 2.47. The van der Waals surface area contributed by atoms with Gasteiger partial charge in [-0.3, -0.25) is 4.79 Å². The van der Waals surface area contributed by atoms with Gasteiger partial charge in [-0.1, -0.05) is 48.9 Å². The Balaban J connectivity index is 1.49. The number of benzene rings is 3. The minimum absolute atomic E-state index is 0.118. The molecule has 0 unspecified atom stereocenters. The van der Waals surface area contributed by atoms with Crippen LogP contribution in [0, 0.1) is 0 Å². The zero-order chi connectivity index (χ0) is 21.6. The van der Waals surface area contributed by atoms with Gasteiger partial charge in [-0.15, -0.1) is 0 Å². The van der Waals surface area contributed by atoms with Crippen LogP contribution in [0.15, 0.2) is 59.5 Å². The van der Waals surface area contributed by atoms with E-state index in [9.17, 15) is 13.2 Å². The predicted molar refractivity (Wildman–Crippen MR) is 120 cm³/mol. The highest BCUT2D eigenvalue weighted by molar-refractivity contribution is 7.90. The summed E-state index contributed by atoms with van der Waals surface area (Å²) in [5.41, 5.74) is 3.33. The molecule has 160 valence electrons. The van der Waals surface area contributed by atoms with Crippen molar-refractivity contribution >= 4 is 26.7 Å². The molecule has 2 aliphatic carbocycles. The summed E-state index contributed by atoms with van der Waals surface area (Å²) in [6, 6.07) is 16.4. The molecular formula is C25H25NO4S. The number of carbonyl (C=O) groups excluding carboxylic acids is 1. The third kappa shape index (κ3) is 3.39. The first-order valence-electron chi connectivity index (χ1n) is 10.7. The molecule has 0 aliphatic heterocycles. The van der Waals surface area contributed by atoms with E-state index in [1.54, 1.807) is 25.3 Å². The zero-order valence-electron chi connectivity index (χ0n) is 17.4. The molecule has 3 aromatic rings. The number of carbonyl (C=O) groups is 1. The summed E-state index contributed by atoms with van der Waals surface area (Å²) in [7, 11) is -2.41. The number of amides is 1. The first kappa shape index (κ1) is 20.1. The normalized spacial score (nSPS) is 18.4. The van der Waals surface area contributed by atoms with E-state index >= 15 is 0 Å². The molecule has 1 amide bonds. The monoisotopic (exact) mass is 435 g/mol. The van der Waals surface area contributed by atoms with Crippen molar-refractivity contribution in [1.82, 2.24) is 4.72 Å². The van der Waals surface area contributed by atoms with Crippen molar-refractivity contribution in [1.29, 1.82) is 0 Å². The number of sulfonamides is 1. The van der Waals surface area contributed by atoms with E-state index in [2.05, 4.69) is 10.8 Å². The quantitative estimate of drug-likeness (QED) is 0.633. The van der Waals surface area contributed by atoms with Crippen molar-refractivity contribution in [2.24, 2.45) is 0 Å². The molecule has 0 bridgehead atoms. The average molecular weight is 436 g/mol. The summed E-state index contributed by atoms with van der Waals surface area (Å²) >= 11 is 0. The number of hydrogen-bond donors (Lipinski definition) is 1. The lowest BCUT2D eigenvalue weighted by molar-refractivity contribution is -0.120. The molecule has 1 N–H and O–H groups in total. The molecular weight excluding hydrogens is 410 g/mol. The number of methoxy groups -OCH3 is 1. The Hall–Kier alpha value is -2.86. The number of nitrogens with one attached hydrogen (secondary N) is 1. The van der Waals surface area contributed by atoms with Gasteiger partial charge in [-0.2, -0.15) is 0 Å². The molecule has 1 saturated carbocycles. The van der Waals surface area contributed by atoms with Crippen LogP contribution in [-0.4, -0.2) is 21.4 Å². The maximum Gasteiger partial charge on any atom is 0.264 e. The van der Waals surface area contributed by atoms with Crippen LogP contribution in [0.5, 0.6) is 5.75 Å². The Morgan fingerprint density at radius 2 is 1.77 bits per heavy atom. The lowest BCUT2D eigenvalue weighted by Crippen LogP contribution is -2.34. The van der Waals surface area contributed by atoms with Crippen molar-refractivity contribution in [3.63, 3.8) is 0 Å². The largest absolute Gasteiger partial charge is 0.496 e. The Morgan fingerprint density at radius 3 is 2.52 bits per heavy atom. The third-order valence-corrected chi connectivity index (χ3v) is 8.15. The Kier molecular flexibility index (Phi) is 4.97. The zero-order valence-corrected chi connectivity index (χ0v) is 18.2. The number of rotatable bonds is 5. The fourth-order valence-electron chi connectivity index (χ4n) is 4.98. The van der Waals surface area contributed by atoms with E-state index in [4.69, 9.17) is 4.74 Å². The number of hydrogen-bond acceptors (Lipinski definition) is 4. The summed E-state index contributed by atoms with van der Waals surface area (Å²) in [6.45, 7) is 0. The van der Waals surface area contributed by atoms with Gasteiger partial charge in [0, 0.05) is 10.9 Å². The highest BCUT2D eigenvalue weighted by atomic mass is 32.2. The van der Waals surface area contributed by atoms with Gasteiger partial charge >= 0.3 is 0 Å². The van der Waals surface area contributed by atoms with Crippen molar-refractivity contribution < 1.29 is 17.9 Å². The van der Waals surface area contributed by atoms with Gasteiger partial charge in [0.15, 0.2) is 0 Å². The minimum atomic E-state index is -4.01. The molecule has 0 heterocycles. The van der Waals surface area contributed by atoms with Crippen LogP contribution in [0.4, 0.5) is 0 Å². The molecule has 5 rings (SSSR count). The average Bonchev–Trinajstić information content (AvgIpc) is 3.18. The van der Waals surface area contributed by atoms with Crippen LogP contribution in [-0.2, 0) is 21.2 Å². The van der Waals surface area contributed by atoms with Gasteiger partial charge in [0.2, 0.25) is 5.91 Å². The van der Waals surface area contributed by atoms with E-state index in [1.165, 1.54) is 36.5 Å². The molecule has 2 aliphatic rings. The molecule has 0 spiro atoms. The van der Waals surface area contributed by atoms with Crippen LogP contribution in [0.2, 0.25) is 0 Å². The standard InChI is InChI=1S/C25H25NO4S/c1-30-22-15-14-18(16-7-4-8-16)20-12-13-21(24(20)22)25(27)26-31(28,29)23-11-5-9-17-6-2-3-10-19(17)23/h2-3,5-6,9-11,14-16,21H,4,7-8,12-13H2,1H3,(H,26,27)/t21-/m1/s1. The molecule has 0 radical (unpaired) electrons. The van der Waals surface area contributed by atoms with E-state index in [-0.39, 0.29) is 4.90 Å². The SMILES string of the molecule is COc1ccc(C2CCC2)c2c1[C@H](C(=O)NS(=O)(=O)c1cccc3ccccc13)CC2. The summed E-state index contributed by atoms with van der Waals surface area (Å²) in [5.74, 6) is 0.185. The van der Waals surface area contributed by atoms with E-state index < -0.39 is 21.8 Å². The summed E-state index contributed by atoms with van der Waals surface area (Å²) in [4.78, 5) is 13.3. The molecule has 0 saturated heterocycles. The second kappa shape index (κ2) is 7.68. The van der Waals surface area contributed by atoms with E-state index in [0.29, 0.717) is 23.5 Å². The summed E-state index contributed by atoms with van der Waals surface area (Å²) in [6.07, 6.45) is 4.94. The van der Waals surface area contributed by atoms with Crippen LogP contribution < -0.4 is 9.46 Å². The Bertz CT molecular complexity index is 1270. The number of fused-ring (bicyclic) bond motifs is 2. The van der Waals surface area contributed by atoms with Crippen molar-refractivity contribution in [2.45, 2.75) is 48.8 Å². The smallest absolute Gasteiger partial charge is 0.264 e. The van der Waals surface area contributed by atoms with Crippen LogP contribution in [0.3, 0.4) is 0 Å². The summed E-state index contributed by atoms with van der Waals surface area (Å²) < 4.78 is 34.2. The fraction of sp³-hybridized carbons (Fsp3) is 0.320. The molecule has 1 atom stereocenters. The first-order valence-corrected chi connectivity index (χ1v) is 12.2. The molecule has 6 heteroatoms. The lowest BCUT2D eigenvalue weighted by Gasteiger charge is -2.28. The first-order chi connectivity index (χ1) is 15.0. The highest BCUT2D eigenvalue weighted by Gasteiger charge is 2.37. The maximum atomic E-state index is 13.2. The van der Waals surface area contributed by atoms with Gasteiger partial charge in [-0.25, -0.2) is 13.1 Å². The Labute approximate surface area is 182 Å². The van der Waals surface area contributed by atoms with Gasteiger partial charge in [-0.05, 0) is 60.2 Å². The second-order valence-electron chi connectivity index (χ2n) is 8.42. The van der Waals surface area contributed by atoms with E-state index in [1.807, 2.05) is 24.3 Å². The van der Waals surface area contributed by atoms with Gasteiger partial charge in [0.05, 0.1) is 17.9 Å².